The van der Waals surface area contributed by atoms with Crippen molar-refractivity contribution in [3.63, 3.8) is 0 Å². The Bertz CT molecular complexity index is 865. The highest BCUT2D eigenvalue weighted by Gasteiger charge is 2.29. The van der Waals surface area contributed by atoms with Crippen LogP contribution in [0.1, 0.15) is 38.8 Å². The fraction of sp³-hybridized carbons (Fsp3) is 0.350. The number of carbonyl (C=O) groups is 1. The highest BCUT2D eigenvalue weighted by atomic mass is 32.1. The molecule has 0 spiro atoms. The molecule has 4 heterocycles. The van der Waals surface area contributed by atoms with Crippen LogP contribution in [0.25, 0.3) is 0 Å². The molecule has 0 aliphatic carbocycles. The summed E-state index contributed by atoms with van der Waals surface area (Å²) in [6, 6.07) is 10.0. The fourth-order valence-electron chi connectivity index (χ4n) is 3.32. The van der Waals surface area contributed by atoms with Gasteiger partial charge in [-0.1, -0.05) is 13.0 Å². The van der Waals surface area contributed by atoms with E-state index in [1.54, 1.807) is 34.8 Å². The van der Waals surface area contributed by atoms with Gasteiger partial charge >= 0.3 is 0 Å². The molecule has 0 saturated carbocycles. The van der Waals surface area contributed by atoms with Gasteiger partial charge in [-0.05, 0) is 36.1 Å². The number of aryl methyl sites for hydroxylation is 1. The van der Waals surface area contributed by atoms with E-state index in [2.05, 4.69) is 40.7 Å². The summed E-state index contributed by atoms with van der Waals surface area (Å²) in [4.78, 5) is 17.6. The Morgan fingerprint density at radius 2 is 2.15 bits per heavy atom. The Kier molecular flexibility index (Phi) is 5.73. The molecule has 4 rings (SSSR count). The number of hydrogen-bond acceptors (Lipinski definition) is 6. The van der Waals surface area contributed by atoms with E-state index in [1.807, 2.05) is 0 Å². The number of amides is 1. The van der Waals surface area contributed by atoms with Gasteiger partial charge in [0.15, 0.2) is 5.76 Å². The smallest absolute Gasteiger partial charge is 0.291 e. The summed E-state index contributed by atoms with van der Waals surface area (Å²) in [5, 5.41) is 6.09. The van der Waals surface area contributed by atoms with Crippen LogP contribution in [0.15, 0.2) is 46.4 Å². The van der Waals surface area contributed by atoms with Gasteiger partial charge in [0.05, 0.1) is 25.5 Å². The Balaban J connectivity index is 1.70. The summed E-state index contributed by atoms with van der Waals surface area (Å²) < 4.78 is 10.8. The minimum absolute atomic E-state index is 0.123. The minimum Gasteiger partial charge on any atom is -0.459 e. The maximum absolute atomic E-state index is 12.6. The molecule has 1 fully saturated rings. The van der Waals surface area contributed by atoms with Crippen molar-refractivity contribution in [1.82, 2.24) is 4.90 Å². The molecule has 27 heavy (non-hydrogen) atoms. The first-order valence-electron chi connectivity index (χ1n) is 9.09. The summed E-state index contributed by atoms with van der Waals surface area (Å²) >= 11 is 3.40. The summed E-state index contributed by atoms with van der Waals surface area (Å²) in [5.74, 6) is 0.115. The molecule has 1 N–H and O–H groups in total. The van der Waals surface area contributed by atoms with E-state index < -0.39 is 0 Å². The minimum atomic E-state index is -0.210. The van der Waals surface area contributed by atoms with E-state index in [0.29, 0.717) is 5.76 Å². The number of nitrogens with one attached hydrogen (secondary N) is 1. The van der Waals surface area contributed by atoms with Crippen LogP contribution in [0.5, 0.6) is 0 Å². The number of anilines is 1. The normalized spacial score (nSPS) is 16.3. The van der Waals surface area contributed by atoms with E-state index in [9.17, 15) is 4.79 Å². The van der Waals surface area contributed by atoms with Gasteiger partial charge in [0.1, 0.15) is 5.00 Å². The number of morpholine rings is 1. The number of rotatable bonds is 6. The lowest BCUT2D eigenvalue weighted by Crippen LogP contribution is -2.39. The lowest BCUT2D eigenvalue weighted by molar-refractivity contribution is 0.0247. The lowest BCUT2D eigenvalue weighted by atomic mass is 10.0. The zero-order valence-electron chi connectivity index (χ0n) is 15.1. The van der Waals surface area contributed by atoms with Crippen LogP contribution >= 0.6 is 22.7 Å². The second kappa shape index (κ2) is 8.39. The molecule has 1 atom stereocenters. The van der Waals surface area contributed by atoms with E-state index >= 15 is 0 Å². The Hall–Kier alpha value is -1.93. The topological polar surface area (TPSA) is 54.7 Å². The molecule has 7 heteroatoms. The van der Waals surface area contributed by atoms with Gasteiger partial charge in [-0.25, -0.2) is 0 Å². The van der Waals surface area contributed by atoms with Crippen LogP contribution in [0, 0.1) is 0 Å². The molecule has 0 radical (unpaired) electrons. The second-order valence-electron chi connectivity index (χ2n) is 6.35. The quantitative estimate of drug-likeness (QED) is 0.653. The molecule has 3 aromatic heterocycles. The molecule has 1 unspecified atom stereocenters. The van der Waals surface area contributed by atoms with Gasteiger partial charge < -0.3 is 14.5 Å². The summed E-state index contributed by atoms with van der Waals surface area (Å²) in [6.07, 6.45) is 2.46. The first-order chi connectivity index (χ1) is 13.3. The summed E-state index contributed by atoms with van der Waals surface area (Å²) in [5.41, 5.74) is 1.15. The van der Waals surface area contributed by atoms with Crippen LogP contribution in [0.3, 0.4) is 0 Å². The number of hydrogen-bond donors (Lipinski definition) is 1. The highest BCUT2D eigenvalue weighted by molar-refractivity contribution is 7.16. The third kappa shape index (κ3) is 4.01. The largest absolute Gasteiger partial charge is 0.459 e. The molecule has 1 amide bonds. The summed E-state index contributed by atoms with van der Waals surface area (Å²) in [6.45, 7) is 5.38. The molecule has 142 valence electrons. The molecule has 1 aliphatic heterocycles. The molecule has 1 saturated heterocycles. The predicted molar refractivity (Wildman–Crippen MR) is 109 cm³/mol. The van der Waals surface area contributed by atoms with Gasteiger partial charge in [-0.2, -0.15) is 0 Å². The van der Waals surface area contributed by atoms with Gasteiger partial charge in [-0.3, -0.25) is 9.69 Å². The maximum Gasteiger partial charge on any atom is 0.291 e. The second-order valence-corrected chi connectivity index (χ2v) is 8.46. The molecule has 1 aliphatic rings. The molecule has 3 aromatic rings. The van der Waals surface area contributed by atoms with Crippen molar-refractivity contribution < 1.29 is 13.9 Å². The van der Waals surface area contributed by atoms with Gasteiger partial charge in [0.2, 0.25) is 0 Å². The SMILES string of the molecule is CCc1cc(C(c2cccs2)N2CCOCC2)c(NC(=O)c2ccco2)s1. The fourth-order valence-corrected chi connectivity index (χ4v) is 5.22. The first-order valence-corrected chi connectivity index (χ1v) is 10.8. The maximum atomic E-state index is 12.6. The van der Waals surface area contributed by atoms with E-state index in [4.69, 9.17) is 9.15 Å². The molecule has 5 nitrogen and oxygen atoms in total. The van der Waals surface area contributed by atoms with E-state index in [1.165, 1.54) is 16.0 Å². The molecular weight excluding hydrogens is 380 g/mol. The Morgan fingerprint density at radius 3 is 2.81 bits per heavy atom. The molecular formula is C20H22N2O3S2. The van der Waals surface area contributed by atoms with Crippen molar-refractivity contribution in [3.05, 3.63) is 63.1 Å². The number of thiophene rings is 2. The van der Waals surface area contributed by atoms with E-state index in [0.717, 1.165) is 43.3 Å². The van der Waals surface area contributed by atoms with Crippen molar-refractivity contribution in [3.8, 4) is 0 Å². The van der Waals surface area contributed by atoms with Crippen LogP contribution < -0.4 is 5.32 Å². The molecule has 0 bridgehead atoms. The number of ether oxygens (including phenoxy) is 1. The van der Waals surface area contributed by atoms with Crippen LogP contribution in [-0.4, -0.2) is 37.1 Å². The standard InChI is InChI=1S/C20H22N2O3S2/c1-2-14-13-15(20(27-14)21-19(23)16-5-3-9-25-16)18(17-6-4-12-26-17)22-7-10-24-11-8-22/h3-6,9,12-13,18H,2,7-8,10-11H2,1H3,(H,21,23). The van der Waals surface area contributed by atoms with Gasteiger partial charge in [0.25, 0.3) is 5.91 Å². The van der Waals surface area contributed by atoms with Crippen LogP contribution in [0.4, 0.5) is 5.00 Å². The molecule has 0 aromatic carbocycles. The van der Waals surface area contributed by atoms with E-state index in [-0.39, 0.29) is 11.9 Å². The zero-order valence-corrected chi connectivity index (χ0v) is 16.8. The van der Waals surface area contributed by atoms with Crippen molar-refractivity contribution in [2.75, 3.05) is 31.6 Å². The zero-order chi connectivity index (χ0) is 18.6. The van der Waals surface area contributed by atoms with Gasteiger partial charge in [0, 0.05) is 28.4 Å². The Labute approximate surface area is 166 Å². The third-order valence-corrected chi connectivity index (χ3v) is 6.79. The van der Waals surface area contributed by atoms with Crippen molar-refractivity contribution in [2.24, 2.45) is 0 Å². The van der Waals surface area contributed by atoms with Crippen molar-refractivity contribution >= 4 is 33.6 Å². The summed E-state index contributed by atoms with van der Waals surface area (Å²) in [7, 11) is 0. The Morgan fingerprint density at radius 1 is 1.30 bits per heavy atom. The van der Waals surface area contributed by atoms with Crippen LogP contribution in [-0.2, 0) is 11.2 Å². The number of furan rings is 1. The monoisotopic (exact) mass is 402 g/mol. The number of carbonyl (C=O) groups excluding carboxylic acids is 1. The van der Waals surface area contributed by atoms with Gasteiger partial charge in [-0.15, -0.1) is 22.7 Å². The highest BCUT2D eigenvalue weighted by Crippen LogP contribution is 2.41. The average molecular weight is 403 g/mol. The first kappa shape index (κ1) is 18.4. The van der Waals surface area contributed by atoms with Crippen LogP contribution in [0.2, 0.25) is 0 Å². The lowest BCUT2D eigenvalue weighted by Gasteiger charge is -2.34. The number of nitrogens with zero attached hydrogens (tertiary/aromatic N) is 1. The third-order valence-electron chi connectivity index (χ3n) is 4.65. The predicted octanol–water partition coefficient (Wildman–Crippen LogP) is 4.64. The van der Waals surface area contributed by atoms with Crippen molar-refractivity contribution in [2.45, 2.75) is 19.4 Å². The average Bonchev–Trinajstić information content (AvgIpc) is 3.46. The van der Waals surface area contributed by atoms with Crippen molar-refractivity contribution in [1.29, 1.82) is 0 Å².